The molecule has 2 N–H and O–H groups in total. The number of primary amides is 1. The second-order valence-electron chi connectivity index (χ2n) is 2.80. The van der Waals surface area contributed by atoms with Crippen LogP contribution in [0.15, 0.2) is 0 Å². The zero-order valence-electron chi connectivity index (χ0n) is 7.01. The van der Waals surface area contributed by atoms with Crippen LogP contribution in [0.1, 0.15) is 13.8 Å². The third-order valence-electron chi connectivity index (χ3n) is 1.28. The average Bonchev–Trinajstić information content (AvgIpc) is 1.59. The van der Waals surface area contributed by atoms with Gasteiger partial charge < -0.3 is 5.73 Å². The van der Waals surface area contributed by atoms with Gasteiger partial charge in [-0.2, -0.15) is 0 Å². The molecule has 0 fully saturated rings. The molecule has 58 valence electrons. The third kappa shape index (κ3) is 2.17. The Kier molecular flexibility index (Phi) is 3.06. The van der Waals surface area contributed by atoms with E-state index in [4.69, 9.17) is 5.73 Å². The molecule has 0 aliphatic carbocycles. The Labute approximate surface area is 61.5 Å². The van der Waals surface area contributed by atoms with Crippen molar-refractivity contribution >= 4 is 11.6 Å². The lowest BCUT2D eigenvalue weighted by Gasteiger charge is -2.01. The molecular weight excluding hydrogens is 128 g/mol. The lowest BCUT2D eigenvalue weighted by molar-refractivity contribution is -0.465. The van der Waals surface area contributed by atoms with Crippen LogP contribution in [0.3, 0.4) is 0 Å². The number of nitrogens with two attached hydrogens (primary N) is 1. The second kappa shape index (κ2) is 3.34. The first-order valence-corrected chi connectivity index (χ1v) is 3.30. The molecule has 0 saturated heterocycles. The van der Waals surface area contributed by atoms with E-state index in [0.29, 0.717) is 5.71 Å². The van der Waals surface area contributed by atoms with E-state index in [0.717, 1.165) is 0 Å². The predicted molar refractivity (Wildman–Crippen MR) is 41.1 cm³/mol. The summed E-state index contributed by atoms with van der Waals surface area (Å²) >= 11 is 0. The summed E-state index contributed by atoms with van der Waals surface area (Å²) in [6.45, 7) is 3.89. The predicted octanol–water partition coefficient (Wildman–Crippen LogP) is -0.159. The maximum atomic E-state index is 10.7. The van der Waals surface area contributed by atoms with Crippen LogP contribution in [0.2, 0.25) is 0 Å². The highest BCUT2D eigenvalue weighted by Gasteiger charge is 2.19. The molecule has 0 rings (SSSR count). The molecule has 0 saturated carbocycles. The highest BCUT2D eigenvalue weighted by Crippen LogP contribution is 1.94. The summed E-state index contributed by atoms with van der Waals surface area (Å²) in [6.07, 6.45) is 0. The van der Waals surface area contributed by atoms with Crippen LogP contribution in [-0.2, 0) is 4.79 Å². The van der Waals surface area contributed by atoms with Crippen molar-refractivity contribution in [3.63, 3.8) is 0 Å². The molecular formula is C7H15N2O+. The SMILES string of the molecule is CC(C)C(C(N)=O)=[N+](C)C. The minimum atomic E-state index is -0.333. The summed E-state index contributed by atoms with van der Waals surface area (Å²) in [7, 11) is 3.64. The second-order valence-corrected chi connectivity index (χ2v) is 2.80. The zero-order valence-corrected chi connectivity index (χ0v) is 7.01. The van der Waals surface area contributed by atoms with Crippen LogP contribution < -0.4 is 5.73 Å². The van der Waals surface area contributed by atoms with E-state index in [1.54, 1.807) is 4.58 Å². The van der Waals surface area contributed by atoms with Crippen molar-refractivity contribution in [2.75, 3.05) is 14.1 Å². The number of carbonyl (C=O) groups is 1. The summed E-state index contributed by atoms with van der Waals surface area (Å²) in [5, 5.41) is 0. The van der Waals surface area contributed by atoms with Crippen LogP contribution in [0.5, 0.6) is 0 Å². The molecule has 0 heterocycles. The quantitative estimate of drug-likeness (QED) is 0.424. The van der Waals surface area contributed by atoms with Crippen LogP contribution in [0, 0.1) is 5.92 Å². The summed E-state index contributed by atoms with van der Waals surface area (Å²) in [6, 6.07) is 0. The van der Waals surface area contributed by atoms with Gasteiger partial charge in [0.05, 0.1) is 0 Å². The van der Waals surface area contributed by atoms with Crippen LogP contribution in [0.25, 0.3) is 0 Å². The summed E-state index contributed by atoms with van der Waals surface area (Å²) in [4.78, 5) is 10.7. The van der Waals surface area contributed by atoms with Crippen molar-refractivity contribution in [1.82, 2.24) is 0 Å². The van der Waals surface area contributed by atoms with Crippen LogP contribution >= 0.6 is 0 Å². The molecule has 0 unspecified atom stereocenters. The van der Waals surface area contributed by atoms with Gasteiger partial charge in [-0.1, -0.05) is 13.8 Å². The Hall–Kier alpha value is -0.860. The Morgan fingerprint density at radius 1 is 1.40 bits per heavy atom. The van der Waals surface area contributed by atoms with Gasteiger partial charge in [0.2, 0.25) is 5.71 Å². The molecule has 0 aliphatic heterocycles. The van der Waals surface area contributed by atoms with Crippen molar-refractivity contribution < 1.29 is 9.37 Å². The first-order chi connectivity index (χ1) is 4.46. The minimum absolute atomic E-state index is 0.201. The highest BCUT2D eigenvalue weighted by molar-refractivity contribution is 6.36. The van der Waals surface area contributed by atoms with Gasteiger partial charge in [0, 0.05) is 5.92 Å². The van der Waals surface area contributed by atoms with Gasteiger partial charge in [0.25, 0.3) is 0 Å². The Morgan fingerprint density at radius 3 is 1.80 bits per heavy atom. The Balaban J connectivity index is 4.61. The molecule has 0 spiro atoms. The smallest absolute Gasteiger partial charge is 0.308 e. The summed E-state index contributed by atoms with van der Waals surface area (Å²) in [5.74, 6) is -0.132. The average molecular weight is 143 g/mol. The molecule has 0 aromatic rings. The number of hydrogen-bond donors (Lipinski definition) is 1. The topological polar surface area (TPSA) is 46.1 Å². The van der Waals surface area contributed by atoms with Crippen molar-refractivity contribution in [2.45, 2.75) is 13.8 Å². The molecule has 0 aromatic carbocycles. The fourth-order valence-corrected chi connectivity index (χ4v) is 1.02. The summed E-state index contributed by atoms with van der Waals surface area (Å²) < 4.78 is 1.76. The van der Waals surface area contributed by atoms with Gasteiger partial charge in [0.15, 0.2) is 0 Å². The number of hydrogen-bond acceptors (Lipinski definition) is 1. The van der Waals surface area contributed by atoms with Crippen LogP contribution in [0.4, 0.5) is 0 Å². The number of rotatable bonds is 2. The van der Waals surface area contributed by atoms with Crippen molar-refractivity contribution in [3.8, 4) is 0 Å². The largest absolute Gasteiger partial charge is 0.361 e. The molecule has 0 bridgehead atoms. The Morgan fingerprint density at radius 2 is 1.80 bits per heavy atom. The van der Waals surface area contributed by atoms with E-state index >= 15 is 0 Å². The van der Waals surface area contributed by atoms with Crippen molar-refractivity contribution in [2.24, 2.45) is 11.7 Å². The third-order valence-corrected chi connectivity index (χ3v) is 1.28. The lowest BCUT2D eigenvalue weighted by atomic mass is 10.1. The maximum absolute atomic E-state index is 10.7. The number of nitrogens with zero attached hydrogens (tertiary/aromatic N) is 1. The molecule has 0 radical (unpaired) electrons. The van der Waals surface area contributed by atoms with E-state index in [2.05, 4.69) is 0 Å². The first-order valence-electron chi connectivity index (χ1n) is 3.30. The molecule has 0 aliphatic rings. The first kappa shape index (κ1) is 9.14. The monoisotopic (exact) mass is 143 g/mol. The molecule has 0 atom stereocenters. The van der Waals surface area contributed by atoms with E-state index in [1.165, 1.54) is 0 Å². The van der Waals surface area contributed by atoms with Crippen molar-refractivity contribution in [3.05, 3.63) is 0 Å². The van der Waals surface area contributed by atoms with Gasteiger partial charge >= 0.3 is 5.91 Å². The summed E-state index contributed by atoms with van der Waals surface area (Å²) in [5.41, 5.74) is 5.79. The van der Waals surface area contributed by atoms with Gasteiger partial charge in [-0.05, 0) is 0 Å². The van der Waals surface area contributed by atoms with Crippen molar-refractivity contribution in [1.29, 1.82) is 0 Å². The molecule has 0 aromatic heterocycles. The van der Waals surface area contributed by atoms with E-state index in [-0.39, 0.29) is 11.8 Å². The Bertz CT molecular complexity index is 166. The van der Waals surface area contributed by atoms with E-state index in [9.17, 15) is 4.79 Å². The fourth-order valence-electron chi connectivity index (χ4n) is 1.02. The minimum Gasteiger partial charge on any atom is -0.361 e. The molecule has 1 amide bonds. The molecule has 3 nitrogen and oxygen atoms in total. The fraction of sp³-hybridized carbons (Fsp3) is 0.714. The normalized spacial score (nSPS) is 9.70. The molecule has 3 heteroatoms. The van der Waals surface area contributed by atoms with Gasteiger partial charge in [-0.25, -0.2) is 4.58 Å². The highest BCUT2D eigenvalue weighted by atomic mass is 16.1. The maximum Gasteiger partial charge on any atom is 0.308 e. The molecule has 10 heavy (non-hydrogen) atoms. The van der Waals surface area contributed by atoms with Gasteiger partial charge in [-0.15, -0.1) is 0 Å². The lowest BCUT2D eigenvalue weighted by Crippen LogP contribution is -2.34. The number of carbonyl (C=O) groups excluding carboxylic acids is 1. The van der Waals surface area contributed by atoms with Gasteiger partial charge in [0.1, 0.15) is 14.1 Å². The zero-order chi connectivity index (χ0) is 8.31. The van der Waals surface area contributed by atoms with Crippen LogP contribution in [-0.4, -0.2) is 30.3 Å². The standard InChI is InChI=1S/C7H14N2O/c1-5(2)6(7(8)10)9(3)4/h5H,1-4H3,(H-,8,10)/p+1. The van der Waals surface area contributed by atoms with Gasteiger partial charge in [-0.3, -0.25) is 4.79 Å². The van der Waals surface area contributed by atoms with E-state index in [1.807, 2.05) is 27.9 Å². The number of amides is 1. The van der Waals surface area contributed by atoms with E-state index < -0.39 is 0 Å².